The van der Waals surface area contributed by atoms with Crippen molar-refractivity contribution in [3.8, 4) is 45.6 Å². The Balaban J connectivity index is 0.000000138. The van der Waals surface area contributed by atoms with Crippen molar-refractivity contribution >= 4 is 17.5 Å². The smallest absolute Gasteiger partial charge is 0.241 e. The SMILES string of the molecule is CC(=O)C1CCN(Cc2nc(-c3ccc(C)cc3)no2)CC1.CC(=O)NCCC1CCCCN1Cc1nc(-c2ccc(C)cc2)no1.Cc1ccc(-c2noc(CN3CCCC(C(=O)CCc4ccccc4)C3)n2)cc1.Cc1ccc(-c2noc(CN3CCCCC3CCc3ccccn3)n2)cc1. The summed E-state index contributed by atoms with van der Waals surface area (Å²) in [6, 6.07) is 49.9. The fourth-order valence-electron chi connectivity index (χ4n) is 13.8. The molecule has 3 atom stereocenters. The lowest BCUT2D eigenvalue weighted by Crippen LogP contribution is -2.41. The molecule has 0 spiro atoms. The molecular weight excluding hydrogens is 1290 g/mol. The van der Waals surface area contributed by atoms with Crippen LogP contribution in [0, 0.1) is 39.5 Å². The maximum absolute atomic E-state index is 12.7. The minimum absolute atomic E-state index is 0.0296. The Morgan fingerprint density at radius 1 is 0.437 bits per heavy atom. The summed E-state index contributed by atoms with van der Waals surface area (Å²) in [6.45, 7) is 20.5. The number of carbonyl (C=O) groups is 3. The number of likely N-dealkylation sites (tertiary alicyclic amines) is 4. The third-order valence-electron chi connectivity index (χ3n) is 19.9. The van der Waals surface area contributed by atoms with Crippen LogP contribution in [0.15, 0.2) is 170 Å². The average molecular weight is 1390 g/mol. The van der Waals surface area contributed by atoms with Gasteiger partial charge in [0.1, 0.15) is 11.6 Å². The quantitative estimate of drug-likeness (QED) is 0.0625. The summed E-state index contributed by atoms with van der Waals surface area (Å²) in [5, 5.41) is 19.4. The van der Waals surface area contributed by atoms with E-state index in [1.54, 1.807) is 13.8 Å². The summed E-state index contributed by atoms with van der Waals surface area (Å²) in [4.78, 5) is 67.2. The Labute approximate surface area is 605 Å². The number of aromatic nitrogens is 9. The number of aryl methyl sites for hydroxylation is 6. The molecule has 4 aliphatic heterocycles. The molecule has 1 amide bonds. The summed E-state index contributed by atoms with van der Waals surface area (Å²) in [6.07, 6.45) is 17.6. The number of hydrogen-bond acceptors (Lipinski definition) is 20. The minimum atomic E-state index is 0.0296. The van der Waals surface area contributed by atoms with E-state index in [0.29, 0.717) is 96.6 Å². The Morgan fingerprint density at radius 3 is 1.33 bits per heavy atom. The van der Waals surface area contributed by atoms with Crippen LogP contribution in [-0.4, -0.2) is 141 Å². The Hall–Kier alpha value is -9.54. The number of pyridine rings is 1. The fourth-order valence-corrected chi connectivity index (χ4v) is 13.8. The van der Waals surface area contributed by atoms with Crippen LogP contribution in [0.2, 0.25) is 0 Å². The molecule has 0 aliphatic carbocycles. The first kappa shape index (κ1) is 74.6. The topological polar surface area (TPSA) is 245 Å². The first-order valence-electron chi connectivity index (χ1n) is 36.9. The number of benzene rings is 5. The van der Waals surface area contributed by atoms with Crippen molar-refractivity contribution in [3.63, 3.8) is 0 Å². The number of carbonyl (C=O) groups excluding carboxylic acids is 3. The van der Waals surface area contributed by atoms with Gasteiger partial charge in [-0.25, -0.2) is 0 Å². The van der Waals surface area contributed by atoms with Gasteiger partial charge in [0.2, 0.25) is 52.8 Å². The average Bonchev–Trinajstić information content (AvgIpc) is 1.72. The lowest BCUT2D eigenvalue weighted by Gasteiger charge is -2.34. The highest BCUT2D eigenvalue weighted by atomic mass is 16.5. The van der Waals surface area contributed by atoms with E-state index in [-0.39, 0.29) is 17.7 Å². The molecule has 4 aliphatic rings. The number of nitrogens with one attached hydrogen (secondary N) is 1. The zero-order valence-corrected chi connectivity index (χ0v) is 60.8. The molecule has 21 heteroatoms. The van der Waals surface area contributed by atoms with E-state index < -0.39 is 0 Å². The largest absolute Gasteiger partial charge is 0.356 e. The zero-order valence-electron chi connectivity index (χ0n) is 60.8. The number of amides is 1. The molecule has 4 saturated heterocycles. The van der Waals surface area contributed by atoms with E-state index in [1.807, 2.05) is 115 Å². The highest BCUT2D eigenvalue weighted by molar-refractivity contribution is 5.81. The van der Waals surface area contributed by atoms with Crippen LogP contribution < -0.4 is 5.32 Å². The molecule has 10 aromatic rings. The molecule has 0 saturated carbocycles. The Kier molecular flexibility index (Phi) is 27.6. The molecule has 3 unspecified atom stereocenters. The van der Waals surface area contributed by atoms with E-state index in [1.165, 1.54) is 65.6 Å². The second-order valence-corrected chi connectivity index (χ2v) is 28.1. The van der Waals surface area contributed by atoms with Gasteiger partial charge in [-0.3, -0.25) is 39.0 Å². The number of piperidine rings is 4. The number of hydrogen-bond donors (Lipinski definition) is 1. The van der Waals surface area contributed by atoms with E-state index in [0.717, 1.165) is 132 Å². The predicted octanol–water partition coefficient (Wildman–Crippen LogP) is 14.7. The van der Waals surface area contributed by atoms with Crippen molar-refractivity contribution in [2.45, 2.75) is 176 Å². The summed E-state index contributed by atoms with van der Waals surface area (Å²) >= 11 is 0. The van der Waals surface area contributed by atoms with Crippen molar-refractivity contribution < 1.29 is 32.5 Å². The first-order chi connectivity index (χ1) is 50.2. The Morgan fingerprint density at radius 2 is 0.883 bits per heavy atom. The number of ketones is 2. The van der Waals surface area contributed by atoms with E-state index >= 15 is 0 Å². The summed E-state index contributed by atoms with van der Waals surface area (Å²) in [5.74, 6) is 6.20. The number of Topliss-reactive ketones (excluding diaryl/α,β-unsaturated/α-hetero) is 2. The van der Waals surface area contributed by atoms with Gasteiger partial charge >= 0.3 is 0 Å². The predicted molar refractivity (Wildman–Crippen MR) is 396 cm³/mol. The van der Waals surface area contributed by atoms with E-state index in [2.05, 4.69) is 135 Å². The molecule has 0 bridgehead atoms. The minimum Gasteiger partial charge on any atom is -0.356 e. The van der Waals surface area contributed by atoms with Gasteiger partial charge in [0.15, 0.2) is 0 Å². The zero-order chi connectivity index (χ0) is 71.7. The van der Waals surface area contributed by atoms with Crippen molar-refractivity contribution in [2.75, 3.05) is 45.8 Å². The van der Waals surface area contributed by atoms with Crippen LogP contribution in [0.4, 0.5) is 0 Å². The van der Waals surface area contributed by atoms with Crippen LogP contribution >= 0.6 is 0 Å². The highest BCUT2D eigenvalue weighted by Gasteiger charge is 2.29. The molecule has 21 nitrogen and oxygen atoms in total. The summed E-state index contributed by atoms with van der Waals surface area (Å²) in [7, 11) is 0. The highest BCUT2D eigenvalue weighted by Crippen LogP contribution is 2.29. The molecule has 14 rings (SSSR count). The van der Waals surface area contributed by atoms with Crippen LogP contribution in [0.5, 0.6) is 0 Å². The second kappa shape index (κ2) is 38.1. The van der Waals surface area contributed by atoms with Crippen molar-refractivity contribution in [1.29, 1.82) is 0 Å². The van der Waals surface area contributed by atoms with E-state index in [9.17, 15) is 14.4 Å². The molecule has 5 aromatic carbocycles. The molecule has 0 radical (unpaired) electrons. The van der Waals surface area contributed by atoms with E-state index in [4.69, 9.17) is 18.1 Å². The first-order valence-corrected chi connectivity index (χ1v) is 36.9. The number of nitrogens with zero attached hydrogens (tertiary/aromatic N) is 13. The van der Waals surface area contributed by atoms with Gasteiger partial charge in [0.05, 0.1) is 26.2 Å². The molecule has 1 N–H and O–H groups in total. The molecule has 5 aromatic heterocycles. The fraction of sp³-hybridized carbons (Fsp3) is 0.439. The third-order valence-corrected chi connectivity index (χ3v) is 19.9. The van der Waals surface area contributed by atoms with Crippen LogP contribution in [0.25, 0.3) is 45.6 Å². The van der Waals surface area contributed by atoms with Crippen molar-refractivity contribution in [1.82, 2.24) is 70.5 Å². The lowest BCUT2D eigenvalue weighted by atomic mass is 9.90. The van der Waals surface area contributed by atoms with Gasteiger partial charge in [-0.1, -0.05) is 189 Å². The monoisotopic (exact) mass is 1390 g/mol. The van der Waals surface area contributed by atoms with Crippen molar-refractivity contribution in [3.05, 3.63) is 209 Å². The second-order valence-electron chi connectivity index (χ2n) is 28.1. The molecule has 4 fully saturated rings. The maximum Gasteiger partial charge on any atom is 0.241 e. The Bertz CT molecular complexity index is 4190. The van der Waals surface area contributed by atoms with Gasteiger partial charge in [0, 0.05) is 84.5 Å². The molecule has 540 valence electrons. The molecular formula is C82H100N14O7. The maximum atomic E-state index is 12.7. The van der Waals surface area contributed by atoms with Gasteiger partial charge in [-0.15, -0.1) is 0 Å². The molecule has 9 heterocycles. The van der Waals surface area contributed by atoms with Crippen LogP contribution in [0.3, 0.4) is 0 Å². The van der Waals surface area contributed by atoms with Crippen LogP contribution in [0.1, 0.15) is 154 Å². The normalized spacial score (nSPS) is 17.6. The van der Waals surface area contributed by atoms with Gasteiger partial charge < -0.3 is 23.4 Å². The lowest BCUT2D eigenvalue weighted by molar-refractivity contribution is -0.124. The summed E-state index contributed by atoms with van der Waals surface area (Å²) < 4.78 is 21.8. The van der Waals surface area contributed by atoms with Gasteiger partial charge in [0.25, 0.3) is 0 Å². The summed E-state index contributed by atoms with van der Waals surface area (Å²) in [5.41, 5.74) is 11.1. The van der Waals surface area contributed by atoms with Gasteiger partial charge in [-0.2, -0.15) is 19.9 Å². The molecule has 103 heavy (non-hydrogen) atoms. The third kappa shape index (κ3) is 23.2. The van der Waals surface area contributed by atoms with Gasteiger partial charge in [-0.05, 0) is 162 Å². The number of rotatable bonds is 23. The van der Waals surface area contributed by atoms with Crippen molar-refractivity contribution in [2.24, 2.45) is 11.8 Å². The van der Waals surface area contributed by atoms with Crippen LogP contribution in [-0.2, 0) is 53.4 Å². The standard InChI is InChI=1S/C24H27N3O2.C22H26N4O.C19H26N4O2.C17H21N3O2/c1-18-9-12-20(13-10-18)24-25-23(29-26-24)17-27-15-5-8-21(16-27)22(28)14-11-19-6-3-2-4-7-19;1-17-8-10-18(11-9-17)22-24-21(27-25-22)16-26-15-5-3-7-20(26)13-12-19-6-2-4-14-23-19;1-14-6-8-16(9-7-14)19-21-18(25-22-19)13-23-12-4-3-5-17(23)10-11-20-15(2)24;1-12-3-5-15(6-4-12)17-18-16(22-19-17)11-20-9-7-14(8-10-20)13(2)21/h2-4,6-7,9-10,12-13,21H,5,8,11,14-17H2,1H3;2,4,6,8-11,14,20H,3,5,7,12-13,15-16H2,1H3;6-9,17H,3-5,10-13H2,1-2H3,(H,20,24);3-6,14H,7-11H2,1-2H3.